The first-order valence-corrected chi connectivity index (χ1v) is 9.04. The maximum Gasteiger partial charge on any atom is 0.267 e. The largest absolute Gasteiger partial charge is 0.311 e. The van der Waals surface area contributed by atoms with Gasteiger partial charge in [0.1, 0.15) is 6.04 Å². The van der Waals surface area contributed by atoms with Gasteiger partial charge in [0, 0.05) is 23.9 Å². The Balaban J connectivity index is 1.95. The standard InChI is InChI=1S/C22H23N3O2/c1-4-24(19-12-8-9-16(2)15-19)22(27)17(3)25-21(26)14-13-20(23-25)18-10-6-5-7-11-18/h5-15,17H,4H2,1-3H3. The zero-order valence-electron chi connectivity index (χ0n) is 15.8. The number of likely N-dealkylation sites (N-methyl/N-ethyl adjacent to an activating group) is 1. The summed E-state index contributed by atoms with van der Waals surface area (Å²) in [5.74, 6) is -0.164. The normalized spacial score (nSPS) is 11.8. The first-order valence-electron chi connectivity index (χ1n) is 9.04. The molecule has 1 unspecified atom stereocenters. The van der Waals surface area contributed by atoms with Crippen molar-refractivity contribution in [1.82, 2.24) is 9.78 Å². The van der Waals surface area contributed by atoms with Crippen LogP contribution in [0.1, 0.15) is 25.5 Å². The van der Waals surface area contributed by atoms with E-state index >= 15 is 0 Å². The summed E-state index contributed by atoms with van der Waals surface area (Å²) < 4.78 is 1.27. The lowest BCUT2D eigenvalue weighted by Crippen LogP contribution is -2.40. The van der Waals surface area contributed by atoms with Crippen LogP contribution in [0.25, 0.3) is 11.3 Å². The average molecular weight is 361 g/mol. The Morgan fingerprint density at radius 3 is 2.48 bits per heavy atom. The molecule has 0 saturated heterocycles. The molecule has 0 aliphatic heterocycles. The summed E-state index contributed by atoms with van der Waals surface area (Å²) in [6.45, 7) is 6.13. The number of hydrogen-bond acceptors (Lipinski definition) is 3. The molecule has 0 aliphatic carbocycles. The second-order valence-electron chi connectivity index (χ2n) is 6.46. The highest BCUT2D eigenvalue weighted by Crippen LogP contribution is 2.20. The molecule has 0 spiro atoms. The van der Waals surface area contributed by atoms with Crippen LogP contribution in [0.3, 0.4) is 0 Å². The molecule has 0 fully saturated rings. The van der Waals surface area contributed by atoms with E-state index in [0.717, 1.165) is 16.8 Å². The van der Waals surface area contributed by atoms with Crippen LogP contribution < -0.4 is 10.5 Å². The van der Waals surface area contributed by atoms with Crippen LogP contribution in [0, 0.1) is 6.92 Å². The van der Waals surface area contributed by atoms with E-state index in [2.05, 4.69) is 5.10 Å². The number of nitrogens with zero attached hydrogens (tertiary/aromatic N) is 3. The predicted molar refractivity (Wildman–Crippen MR) is 108 cm³/mol. The minimum Gasteiger partial charge on any atom is -0.311 e. The Labute approximate surface area is 158 Å². The molecule has 1 atom stereocenters. The molecule has 1 aromatic heterocycles. The smallest absolute Gasteiger partial charge is 0.267 e. The number of aryl methyl sites for hydroxylation is 1. The third kappa shape index (κ3) is 3.97. The molecule has 1 amide bonds. The molecule has 3 aromatic rings. The number of benzene rings is 2. The Morgan fingerprint density at radius 2 is 1.81 bits per heavy atom. The molecule has 0 saturated carbocycles. The molecule has 2 aromatic carbocycles. The third-order valence-corrected chi connectivity index (χ3v) is 4.51. The van der Waals surface area contributed by atoms with Gasteiger partial charge in [-0.1, -0.05) is 42.5 Å². The highest BCUT2D eigenvalue weighted by molar-refractivity contribution is 5.95. The van der Waals surface area contributed by atoms with Gasteiger partial charge in [-0.05, 0) is 44.5 Å². The van der Waals surface area contributed by atoms with E-state index in [1.54, 1.807) is 17.9 Å². The third-order valence-electron chi connectivity index (χ3n) is 4.51. The van der Waals surface area contributed by atoms with Crippen molar-refractivity contribution in [2.75, 3.05) is 11.4 Å². The molecule has 5 nitrogen and oxygen atoms in total. The van der Waals surface area contributed by atoms with Gasteiger partial charge < -0.3 is 4.90 Å². The first-order chi connectivity index (χ1) is 13.0. The van der Waals surface area contributed by atoms with E-state index in [9.17, 15) is 9.59 Å². The summed E-state index contributed by atoms with van der Waals surface area (Å²) in [4.78, 5) is 27.2. The van der Waals surface area contributed by atoms with Crippen LogP contribution >= 0.6 is 0 Å². The van der Waals surface area contributed by atoms with Crippen molar-refractivity contribution in [2.45, 2.75) is 26.8 Å². The number of rotatable bonds is 5. The predicted octanol–water partition coefficient (Wildman–Crippen LogP) is 3.83. The lowest BCUT2D eigenvalue weighted by Gasteiger charge is -2.25. The molecule has 0 aliphatic rings. The maximum atomic E-state index is 13.1. The average Bonchev–Trinajstić information content (AvgIpc) is 2.69. The molecule has 0 radical (unpaired) electrons. The SMILES string of the molecule is CCN(C(=O)C(C)n1nc(-c2ccccc2)ccc1=O)c1cccc(C)c1. The monoisotopic (exact) mass is 361 g/mol. The van der Waals surface area contributed by atoms with Crippen molar-refractivity contribution < 1.29 is 4.79 Å². The lowest BCUT2D eigenvalue weighted by molar-refractivity contribution is -0.121. The first kappa shape index (κ1) is 18.6. The lowest BCUT2D eigenvalue weighted by atomic mass is 10.1. The van der Waals surface area contributed by atoms with Gasteiger partial charge in [-0.3, -0.25) is 9.59 Å². The zero-order valence-corrected chi connectivity index (χ0v) is 15.8. The van der Waals surface area contributed by atoms with E-state index in [4.69, 9.17) is 0 Å². The van der Waals surface area contributed by atoms with Crippen molar-refractivity contribution in [2.24, 2.45) is 0 Å². The highest BCUT2D eigenvalue weighted by Gasteiger charge is 2.24. The summed E-state index contributed by atoms with van der Waals surface area (Å²) in [5.41, 5.74) is 3.16. The fourth-order valence-corrected chi connectivity index (χ4v) is 3.06. The van der Waals surface area contributed by atoms with E-state index in [0.29, 0.717) is 12.2 Å². The van der Waals surface area contributed by atoms with Gasteiger partial charge >= 0.3 is 0 Å². The number of aromatic nitrogens is 2. The van der Waals surface area contributed by atoms with E-state index < -0.39 is 6.04 Å². The van der Waals surface area contributed by atoms with Crippen molar-refractivity contribution in [3.8, 4) is 11.3 Å². The van der Waals surface area contributed by atoms with Gasteiger partial charge in [0.15, 0.2) is 0 Å². The van der Waals surface area contributed by atoms with E-state index in [1.165, 1.54) is 10.7 Å². The Hall–Kier alpha value is -3.21. The fourth-order valence-electron chi connectivity index (χ4n) is 3.06. The van der Waals surface area contributed by atoms with Crippen LogP contribution in [-0.2, 0) is 4.79 Å². The molecule has 0 N–H and O–H groups in total. The summed E-state index contributed by atoms with van der Waals surface area (Å²) in [5, 5.41) is 4.45. The number of anilines is 1. The van der Waals surface area contributed by atoms with Crippen molar-refractivity contribution >= 4 is 11.6 Å². The molecule has 3 rings (SSSR count). The number of carbonyl (C=O) groups is 1. The Kier molecular flexibility index (Phi) is 5.50. The minimum atomic E-state index is -0.707. The molecule has 5 heteroatoms. The van der Waals surface area contributed by atoms with Crippen LogP contribution in [-0.4, -0.2) is 22.2 Å². The zero-order chi connectivity index (χ0) is 19.4. The highest BCUT2D eigenvalue weighted by atomic mass is 16.2. The van der Waals surface area contributed by atoms with Crippen molar-refractivity contribution in [1.29, 1.82) is 0 Å². The number of hydrogen-bond donors (Lipinski definition) is 0. The second kappa shape index (κ2) is 7.99. The maximum absolute atomic E-state index is 13.1. The summed E-state index contributed by atoms with van der Waals surface area (Å²) in [7, 11) is 0. The van der Waals surface area contributed by atoms with Gasteiger partial charge in [0.25, 0.3) is 11.5 Å². The topological polar surface area (TPSA) is 55.2 Å². The molecular formula is C22H23N3O2. The summed E-state index contributed by atoms with van der Waals surface area (Å²) in [6.07, 6.45) is 0. The quantitative estimate of drug-likeness (QED) is 0.694. The second-order valence-corrected chi connectivity index (χ2v) is 6.46. The Bertz CT molecular complexity index is 996. The van der Waals surface area contributed by atoms with Gasteiger partial charge in [-0.2, -0.15) is 5.10 Å². The van der Waals surface area contributed by atoms with Gasteiger partial charge in [0.2, 0.25) is 0 Å². The minimum absolute atomic E-state index is 0.164. The fraction of sp³-hybridized carbons (Fsp3) is 0.227. The molecule has 138 valence electrons. The molecule has 0 bridgehead atoms. The van der Waals surface area contributed by atoms with Gasteiger partial charge in [-0.25, -0.2) is 4.68 Å². The van der Waals surface area contributed by atoms with Crippen LogP contribution in [0.4, 0.5) is 5.69 Å². The Morgan fingerprint density at radius 1 is 1.07 bits per heavy atom. The number of amides is 1. The summed E-state index contributed by atoms with van der Waals surface area (Å²) >= 11 is 0. The van der Waals surface area contributed by atoms with E-state index in [-0.39, 0.29) is 11.5 Å². The molecule has 27 heavy (non-hydrogen) atoms. The number of carbonyl (C=O) groups excluding carboxylic acids is 1. The molecule has 1 heterocycles. The molecular weight excluding hydrogens is 338 g/mol. The van der Waals surface area contributed by atoms with E-state index in [1.807, 2.05) is 68.4 Å². The van der Waals surface area contributed by atoms with Gasteiger partial charge in [0.05, 0.1) is 5.69 Å². The van der Waals surface area contributed by atoms with Crippen LogP contribution in [0.15, 0.2) is 71.5 Å². The van der Waals surface area contributed by atoms with Crippen LogP contribution in [0.2, 0.25) is 0 Å². The van der Waals surface area contributed by atoms with Crippen LogP contribution in [0.5, 0.6) is 0 Å². The van der Waals surface area contributed by atoms with Crippen molar-refractivity contribution in [3.05, 3.63) is 82.6 Å². The van der Waals surface area contributed by atoms with Gasteiger partial charge in [-0.15, -0.1) is 0 Å². The summed E-state index contributed by atoms with van der Waals surface area (Å²) in [6, 6.07) is 19.8. The van der Waals surface area contributed by atoms with Crippen molar-refractivity contribution in [3.63, 3.8) is 0 Å².